The van der Waals surface area contributed by atoms with Crippen LogP contribution >= 0.6 is 0 Å². The van der Waals surface area contributed by atoms with E-state index in [4.69, 9.17) is 5.73 Å². The molecule has 2 N–H and O–H groups in total. The van der Waals surface area contributed by atoms with Gasteiger partial charge in [0.2, 0.25) is 5.88 Å². The fraction of sp³-hybridized carbons (Fsp3) is 0.182. The van der Waals surface area contributed by atoms with E-state index in [0.29, 0.717) is 11.1 Å². The van der Waals surface area contributed by atoms with Crippen LogP contribution in [0.3, 0.4) is 0 Å². The molecule has 1 aromatic heterocycles. The number of anilines is 1. The molecule has 0 radical (unpaired) electrons. The van der Waals surface area contributed by atoms with Gasteiger partial charge < -0.3 is 10.3 Å². The summed E-state index contributed by atoms with van der Waals surface area (Å²) in [4.78, 5) is 0. The normalized spacial score (nSPS) is 11.8. The molecule has 0 bridgehead atoms. The number of hydrogen-bond acceptors (Lipinski definition) is 3. The Bertz CT molecular complexity index is 546. The fourth-order valence-electron chi connectivity index (χ4n) is 1.61. The number of halogens is 3. The Morgan fingerprint density at radius 3 is 2.47 bits per heavy atom. The van der Waals surface area contributed by atoms with Gasteiger partial charge in [0.25, 0.3) is 0 Å². The van der Waals surface area contributed by atoms with E-state index in [1.807, 2.05) is 0 Å². The summed E-state index contributed by atoms with van der Waals surface area (Å²) in [5.41, 5.74) is 5.17. The number of benzene rings is 1. The molecule has 2 aromatic rings. The van der Waals surface area contributed by atoms with Crippen molar-refractivity contribution in [1.82, 2.24) is 5.16 Å². The zero-order valence-electron chi connectivity index (χ0n) is 8.88. The minimum atomic E-state index is -4.58. The molecular weight excluding hydrogens is 233 g/mol. The quantitative estimate of drug-likeness (QED) is 0.835. The summed E-state index contributed by atoms with van der Waals surface area (Å²) in [6.07, 6.45) is -4.58. The third kappa shape index (κ3) is 1.98. The summed E-state index contributed by atoms with van der Waals surface area (Å²) in [5.74, 6) is -0.327. The molecule has 1 heterocycles. The van der Waals surface area contributed by atoms with E-state index in [-0.39, 0.29) is 11.4 Å². The van der Waals surface area contributed by atoms with Crippen LogP contribution in [0.25, 0.3) is 11.1 Å². The zero-order valence-corrected chi connectivity index (χ0v) is 8.88. The first-order chi connectivity index (χ1) is 7.91. The van der Waals surface area contributed by atoms with Crippen LogP contribution in [-0.4, -0.2) is 5.16 Å². The Hall–Kier alpha value is -1.98. The second-order valence-electron chi connectivity index (χ2n) is 3.58. The first kappa shape index (κ1) is 11.5. The molecule has 1 aromatic carbocycles. The molecule has 17 heavy (non-hydrogen) atoms. The summed E-state index contributed by atoms with van der Waals surface area (Å²) < 4.78 is 42.5. The molecule has 2 rings (SSSR count). The van der Waals surface area contributed by atoms with Crippen molar-refractivity contribution >= 4 is 5.88 Å². The number of rotatable bonds is 1. The fourth-order valence-corrected chi connectivity index (χ4v) is 1.61. The maximum absolute atomic E-state index is 12.7. The van der Waals surface area contributed by atoms with E-state index in [2.05, 4.69) is 9.68 Å². The zero-order chi connectivity index (χ0) is 12.6. The molecule has 0 aliphatic carbocycles. The monoisotopic (exact) mass is 242 g/mol. The summed E-state index contributed by atoms with van der Waals surface area (Å²) in [6.45, 7) is 1.70. The molecule has 0 aliphatic heterocycles. The Balaban J connectivity index is 2.68. The molecule has 90 valence electrons. The largest absolute Gasteiger partial charge is 0.437 e. The summed E-state index contributed by atoms with van der Waals surface area (Å²) in [5, 5.41) is 2.98. The van der Waals surface area contributed by atoms with Gasteiger partial charge in [0, 0.05) is 0 Å². The van der Waals surface area contributed by atoms with Crippen LogP contribution in [0, 0.1) is 6.92 Å². The molecule has 0 fully saturated rings. The van der Waals surface area contributed by atoms with Crippen molar-refractivity contribution in [2.75, 3.05) is 5.73 Å². The van der Waals surface area contributed by atoms with Gasteiger partial charge in [-0.05, 0) is 18.1 Å². The Kier molecular flexibility index (Phi) is 2.57. The first-order valence-corrected chi connectivity index (χ1v) is 4.79. The van der Waals surface area contributed by atoms with Gasteiger partial charge in [-0.25, -0.2) is 0 Å². The topological polar surface area (TPSA) is 52.0 Å². The third-order valence-electron chi connectivity index (χ3n) is 2.40. The standard InChI is InChI=1S/C11H9F3N2O/c1-6-4-2-3-5-7(6)8-9(11(12,13)14)16-17-10(8)15/h2-5H,15H2,1H3. The summed E-state index contributed by atoms with van der Waals surface area (Å²) in [6, 6.07) is 6.61. The SMILES string of the molecule is Cc1ccccc1-c1c(C(F)(F)F)noc1N. The highest BCUT2D eigenvalue weighted by atomic mass is 19.4. The number of alkyl halides is 3. The van der Waals surface area contributed by atoms with Crippen molar-refractivity contribution in [1.29, 1.82) is 0 Å². The van der Waals surface area contributed by atoms with Crippen LogP contribution in [0.15, 0.2) is 28.8 Å². The smallest absolute Gasteiger partial charge is 0.367 e. The molecule has 0 amide bonds. The molecule has 0 saturated carbocycles. The van der Waals surface area contributed by atoms with E-state index in [1.165, 1.54) is 0 Å². The van der Waals surface area contributed by atoms with Gasteiger partial charge in [-0.3, -0.25) is 0 Å². The molecule has 3 nitrogen and oxygen atoms in total. The van der Waals surface area contributed by atoms with Crippen molar-refractivity contribution in [2.24, 2.45) is 0 Å². The van der Waals surface area contributed by atoms with Gasteiger partial charge in [0.15, 0.2) is 5.69 Å². The van der Waals surface area contributed by atoms with Gasteiger partial charge in [0.05, 0.1) is 5.56 Å². The van der Waals surface area contributed by atoms with E-state index in [9.17, 15) is 13.2 Å². The first-order valence-electron chi connectivity index (χ1n) is 4.79. The van der Waals surface area contributed by atoms with Crippen LogP contribution < -0.4 is 5.73 Å². The third-order valence-corrected chi connectivity index (χ3v) is 2.40. The van der Waals surface area contributed by atoms with Gasteiger partial charge in [-0.1, -0.05) is 29.4 Å². The van der Waals surface area contributed by atoms with Gasteiger partial charge >= 0.3 is 6.18 Å². The van der Waals surface area contributed by atoms with Crippen molar-refractivity contribution < 1.29 is 17.7 Å². The minimum absolute atomic E-state index is 0.199. The number of aromatic nitrogens is 1. The van der Waals surface area contributed by atoms with Crippen molar-refractivity contribution in [3.8, 4) is 11.1 Å². The van der Waals surface area contributed by atoms with E-state index < -0.39 is 11.9 Å². The van der Waals surface area contributed by atoms with Crippen LogP contribution in [0.4, 0.5) is 19.1 Å². The molecular formula is C11H9F3N2O. The Morgan fingerprint density at radius 2 is 1.88 bits per heavy atom. The van der Waals surface area contributed by atoms with Crippen molar-refractivity contribution in [2.45, 2.75) is 13.1 Å². The summed E-state index contributed by atoms with van der Waals surface area (Å²) in [7, 11) is 0. The highest BCUT2D eigenvalue weighted by molar-refractivity contribution is 5.77. The van der Waals surface area contributed by atoms with Crippen molar-refractivity contribution in [3.63, 3.8) is 0 Å². The lowest BCUT2D eigenvalue weighted by atomic mass is 10.0. The van der Waals surface area contributed by atoms with Crippen LogP contribution in [0.1, 0.15) is 11.3 Å². The van der Waals surface area contributed by atoms with Crippen LogP contribution in [0.2, 0.25) is 0 Å². The summed E-state index contributed by atoms with van der Waals surface area (Å²) >= 11 is 0. The lowest BCUT2D eigenvalue weighted by Gasteiger charge is -2.07. The number of hydrogen-bond donors (Lipinski definition) is 1. The van der Waals surface area contributed by atoms with E-state index in [1.54, 1.807) is 31.2 Å². The number of nitrogen functional groups attached to an aromatic ring is 1. The van der Waals surface area contributed by atoms with Crippen LogP contribution in [-0.2, 0) is 6.18 Å². The molecule has 6 heteroatoms. The number of aryl methyl sites for hydroxylation is 1. The highest BCUT2D eigenvalue weighted by Gasteiger charge is 2.39. The second-order valence-corrected chi connectivity index (χ2v) is 3.58. The lowest BCUT2D eigenvalue weighted by Crippen LogP contribution is -2.07. The van der Waals surface area contributed by atoms with E-state index >= 15 is 0 Å². The second kappa shape index (κ2) is 3.80. The molecule has 0 aliphatic rings. The predicted octanol–water partition coefficient (Wildman–Crippen LogP) is 3.25. The molecule has 0 atom stereocenters. The van der Waals surface area contributed by atoms with Crippen molar-refractivity contribution in [3.05, 3.63) is 35.5 Å². The molecule has 0 unspecified atom stereocenters. The molecule has 0 spiro atoms. The maximum Gasteiger partial charge on any atom is 0.437 e. The van der Waals surface area contributed by atoms with Gasteiger partial charge in [-0.2, -0.15) is 13.2 Å². The van der Waals surface area contributed by atoms with Gasteiger partial charge in [-0.15, -0.1) is 0 Å². The maximum atomic E-state index is 12.7. The lowest BCUT2D eigenvalue weighted by molar-refractivity contribution is -0.142. The van der Waals surface area contributed by atoms with Gasteiger partial charge in [0.1, 0.15) is 0 Å². The van der Waals surface area contributed by atoms with E-state index in [0.717, 1.165) is 0 Å². The van der Waals surface area contributed by atoms with Crippen LogP contribution in [0.5, 0.6) is 0 Å². The average Bonchev–Trinajstić information content (AvgIpc) is 2.60. The average molecular weight is 242 g/mol. The Morgan fingerprint density at radius 1 is 1.24 bits per heavy atom. The number of nitrogens with zero attached hydrogens (tertiary/aromatic N) is 1. The minimum Gasteiger partial charge on any atom is -0.367 e. The highest BCUT2D eigenvalue weighted by Crippen LogP contribution is 2.40. The number of nitrogens with two attached hydrogens (primary N) is 1. The molecule has 0 saturated heterocycles. The Labute approximate surface area is 95.0 Å². The predicted molar refractivity (Wildman–Crippen MR) is 56.1 cm³/mol.